The van der Waals surface area contributed by atoms with E-state index in [9.17, 15) is 0 Å². The number of fused-ring (bicyclic) bond motifs is 1. The Bertz CT molecular complexity index is 698. The first kappa shape index (κ1) is 10.8. The molecule has 0 spiro atoms. The number of rotatable bonds is 2. The highest BCUT2D eigenvalue weighted by molar-refractivity contribution is 5.78. The largest absolute Gasteiger partial charge is 0.399 e. The third-order valence-electron chi connectivity index (χ3n) is 3.01. The maximum Gasteiger partial charge on any atom is 0.111 e. The van der Waals surface area contributed by atoms with Crippen molar-refractivity contribution in [3.63, 3.8) is 0 Å². The van der Waals surface area contributed by atoms with Crippen LogP contribution in [-0.2, 0) is 6.42 Å². The Hall–Kier alpha value is -2.29. The molecule has 1 heterocycles. The van der Waals surface area contributed by atoms with Gasteiger partial charge in [-0.2, -0.15) is 0 Å². The molecule has 0 bridgehead atoms. The van der Waals surface area contributed by atoms with Crippen LogP contribution in [0.3, 0.4) is 0 Å². The van der Waals surface area contributed by atoms with Crippen molar-refractivity contribution in [3.8, 4) is 0 Å². The van der Waals surface area contributed by atoms with Crippen LogP contribution in [0, 0.1) is 6.92 Å². The zero-order valence-electron chi connectivity index (χ0n) is 10.3. The van der Waals surface area contributed by atoms with E-state index >= 15 is 0 Å². The number of anilines is 1. The molecule has 3 aromatic rings. The molecule has 0 amide bonds. The van der Waals surface area contributed by atoms with Crippen molar-refractivity contribution in [1.82, 2.24) is 9.97 Å². The number of hydrogen-bond acceptors (Lipinski definition) is 2. The normalized spacial score (nSPS) is 10.9. The average Bonchev–Trinajstić information content (AvgIpc) is 2.70. The maximum absolute atomic E-state index is 5.76. The number of H-pyrrole nitrogens is 1. The highest BCUT2D eigenvalue weighted by Gasteiger charge is 2.04. The first-order chi connectivity index (χ1) is 8.70. The SMILES string of the molecule is Cc1cccc(Cc2nc3ccc(N)cc3[nH]2)c1. The smallest absolute Gasteiger partial charge is 0.111 e. The fraction of sp³-hybridized carbons (Fsp3) is 0.133. The summed E-state index contributed by atoms with van der Waals surface area (Å²) < 4.78 is 0. The molecule has 0 aliphatic heterocycles. The Kier molecular flexibility index (Phi) is 2.52. The quantitative estimate of drug-likeness (QED) is 0.673. The number of hydrogen-bond donors (Lipinski definition) is 2. The molecule has 90 valence electrons. The van der Waals surface area contributed by atoms with Crippen molar-refractivity contribution in [2.45, 2.75) is 13.3 Å². The van der Waals surface area contributed by atoms with Gasteiger partial charge in [-0.05, 0) is 30.7 Å². The molecule has 18 heavy (non-hydrogen) atoms. The number of benzene rings is 2. The molecule has 0 fully saturated rings. The predicted molar refractivity (Wildman–Crippen MR) is 74.5 cm³/mol. The molecule has 3 heteroatoms. The monoisotopic (exact) mass is 237 g/mol. The highest BCUT2D eigenvalue weighted by Crippen LogP contribution is 2.17. The molecule has 3 rings (SSSR count). The predicted octanol–water partition coefficient (Wildman–Crippen LogP) is 3.04. The summed E-state index contributed by atoms with van der Waals surface area (Å²) in [5, 5.41) is 0. The lowest BCUT2D eigenvalue weighted by Crippen LogP contribution is -1.90. The number of nitrogens with one attached hydrogen (secondary N) is 1. The van der Waals surface area contributed by atoms with Crippen molar-refractivity contribution in [3.05, 3.63) is 59.4 Å². The van der Waals surface area contributed by atoms with Crippen LogP contribution in [0.4, 0.5) is 5.69 Å². The minimum atomic E-state index is 0.758. The highest BCUT2D eigenvalue weighted by atomic mass is 14.9. The number of aryl methyl sites for hydroxylation is 1. The fourth-order valence-corrected chi connectivity index (χ4v) is 2.18. The van der Waals surface area contributed by atoms with Gasteiger partial charge in [-0.25, -0.2) is 4.98 Å². The molecule has 2 aromatic carbocycles. The van der Waals surface area contributed by atoms with Gasteiger partial charge in [0, 0.05) is 12.1 Å². The van der Waals surface area contributed by atoms with Gasteiger partial charge in [0.1, 0.15) is 5.82 Å². The Labute approximate surface area is 106 Å². The van der Waals surface area contributed by atoms with Crippen LogP contribution in [-0.4, -0.2) is 9.97 Å². The average molecular weight is 237 g/mol. The van der Waals surface area contributed by atoms with Gasteiger partial charge < -0.3 is 10.7 Å². The van der Waals surface area contributed by atoms with Gasteiger partial charge in [0.2, 0.25) is 0 Å². The summed E-state index contributed by atoms with van der Waals surface area (Å²) in [6.07, 6.45) is 0.816. The number of nitrogens with zero attached hydrogens (tertiary/aromatic N) is 1. The minimum Gasteiger partial charge on any atom is -0.399 e. The Morgan fingerprint density at radius 1 is 1.17 bits per heavy atom. The van der Waals surface area contributed by atoms with Crippen molar-refractivity contribution >= 4 is 16.7 Å². The third-order valence-corrected chi connectivity index (χ3v) is 3.01. The van der Waals surface area contributed by atoms with Crippen LogP contribution < -0.4 is 5.73 Å². The molecule has 3 nitrogen and oxygen atoms in total. The molecule has 0 saturated carbocycles. The first-order valence-electron chi connectivity index (χ1n) is 6.00. The molecule has 0 aliphatic carbocycles. The molecular formula is C15H15N3. The van der Waals surface area contributed by atoms with Crippen LogP contribution in [0.1, 0.15) is 17.0 Å². The van der Waals surface area contributed by atoms with E-state index in [0.29, 0.717) is 0 Å². The van der Waals surface area contributed by atoms with Gasteiger partial charge in [0.25, 0.3) is 0 Å². The van der Waals surface area contributed by atoms with Crippen molar-refractivity contribution in [2.75, 3.05) is 5.73 Å². The van der Waals surface area contributed by atoms with E-state index in [0.717, 1.165) is 29.0 Å². The van der Waals surface area contributed by atoms with Crippen LogP contribution >= 0.6 is 0 Å². The van der Waals surface area contributed by atoms with Crippen LogP contribution in [0.15, 0.2) is 42.5 Å². The van der Waals surface area contributed by atoms with E-state index in [4.69, 9.17) is 5.73 Å². The van der Waals surface area contributed by atoms with Gasteiger partial charge in [-0.1, -0.05) is 29.8 Å². The molecule has 0 unspecified atom stereocenters. The van der Waals surface area contributed by atoms with Crippen molar-refractivity contribution in [2.24, 2.45) is 0 Å². The van der Waals surface area contributed by atoms with Crippen LogP contribution in [0.25, 0.3) is 11.0 Å². The Morgan fingerprint density at radius 3 is 2.89 bits per heavy atom. The van der Waals surface area contributed by atoms with Gasteiger partial charge >= 0.3 is 0 Å². The van der Waals surface area contributed by atoms with Gasteiger partial charge in [-0.3, -0.25) is 0 Å². The lowest BCUT2D eigenvalue weighted by molar-refractivity contribution is 1.04. The van der Waals surface area contributed by atoms with Gasteiger partial charge in [0.05, 0.1) is 11.0 Å². The molecule has 0 radical (unpaired) electrons. The summed E-state index contributed by atoms with van der Waals surface area (Å²) in [6, 6.07) is 14.2. The van der Waals surface area contributed by atoms with Gasteiger partial charge in [-0.15, -0.1) is 0 Å². The number of imidazole rings is 1. The van der Waals surface area contributed by atoms with E-state index in [-0.39, 0.29) is 0 Å². The second-order valence-corrected chi connectivity index (χ2v) is 4.63. The van der Waals surface area contributed by atoms with E-state index < -0.39 is 0 Å². The second-order valence-electron chi connectivity index (χ2n) is 4.63. The lowest BCUT2D eigenvalue weighted by Gasteiger charge is -1.99. The molecule has 0 atom stereocenters. The Balaban J connectivity index is 1.95. The Morgan fingerprint density at radius 2 is 2.06 bits per heavy atom. The molecule has 1 aromatic heterocycles. The van der Waals surface area contributed by atoms with Crippen molar-refractivity contribution in [1.29, 1.82) is 0 Å². The summed E-state index contributed by atoms with van der Waals surface area (Å²) in [7, 11) is 0. The summed E-state index contributed by atoms with van der Waals surface area (Å²) in [5.41, 5.74) is 11.0. The molecule has 3 N–H and O–H groups in total. The number of nitrogen functional groups attached to an aromatic ring is 1. The summed E-state index contributed by atoms with van der Waals surface area (Å²) >= 11 is 0. The first-order valence-corrected chi connectivity index (χ1v) is 6.00. The van der Waals surface area contributed by atoms with Crippen LogP contribution in [0.2, 0.25) is 0 Å². The van der Waals surface area contributed by atoms with E-state index in [1.165, 1.54) is 11.1 Å². The minimum absolute atomic E-state index is 0.758. The van der Waals surface area contributed by atoms with Crippen molar-refractivity contribution < 1.29 is 0 Å². The number of aromatic nitrogens is 2. The number of nitrogens with two attached hydrogens (primary N) is 1. The summed E-state index contributed by atoms with van der Waals surface area (Å²) in [4.78, 5) is 7.88. The summed E-state index contributed by atoms with van der Waals surface area (Å²) in [5.74, 6) is 0.973. The van der Waals surface area contributed by atoms with Crippen LogP contribution in [0.5, 0.6) is 0 Å². The zero-order valence-corrected chi connectivity index (χ0v) is 10.3. The lowest BCUT2D eigenvalue weighted by atomic mass is 10.1. The topological polar surface area (TPSA) is 54.7 Å². The summed E-state index contributed by atoms with van der Waals surface area (Å²) in [6.45, 7) is 2.10. The molecule has 0 aliphatic rings. The fourth-order valence-electron chi connectivity index (χ4n) is 2.18. The second kappa shape index (κ2) is 4.18. The van der Waals surface area contributed by atoms with E-state index in [1.807, 2.05) is 18.2 Å². The molecular weight excluding hydrogens is 222 g/mol. The standard InChI is InChI=1S/C15H15N3/c1-10-3-2-4-11(7-10)8-15-17-13-6-5-12(16)9-14(13)18-15/h2-7,9H,8,16H2,1H3,(H,17,18). The molecule has 0 saturated heterocycles. The van der Waals surface area contributed by atoms with E-state index in [1.54, 1.807) is 0 Å². The number of aromatic amines is 1. The maximum atomic E-state index is 5.76. The van der Waals surface area contributed by atoms with Gasteiger partial charge in [0.15, 0.2) is 0 Å². The zero-order chi connectivity index (χ0) is 12.5. The van der Waals surface area contributed by atoms with E-state index in [2.05, 4.69) is 41.2 Å². The third kappa shape index (κ3) is 2.07.